The van der Waals surface area contributed by atoms with Crippen LogP contribution in [0, 0.1) is 0 Å². The Labute approximate surface area is 104 Å². The maximum absolute atomic E-state index is 4.46. The summed E-state index contributed by atoms with van der Waals surface area (Å²) >= 11 is 1.56. The van der Waals surface area contributed by atoms with Crippen LogP contribution in [-0.4, -0.2) is 50.3 Å². The SMILES string of the molecule is C=C(/N=C(/NCCNC)N(C)C(C)C)SC. The van der Waals surface area contributed by atoms with E-state index in [0.717, 1.165) is 24.1 Å². The van der Waals surface area contributed by atoms with Crippen molar-refractivity contribution in [3.63, 3.8) is 0 Å². The molecule has 0 unspecified atom stereocenters. The van der Waals surface area contributed by atoms with E-state index in [9.17, 15) is 0 Å². The minimum absolute atomic E-state index is 0.412. The van der Waals surface area contributed by atoms with Crippen molar-refractivity contribution in [1.29, 1.82) is 0 Å². The highest BCUT2D eigenvalue weighted by Gasteiger charge is 2.09. The van der Waals surface area contributed by atoms with Gasteiger partial charge in [-0.3, -0.25) is 0 Å². The van der Waals surface area contributed by atoms with Gasteiger partial charge in [0.25, 0.3) is 0 Å². The molecule has 0 aliphatic heterocycles. The number of hydrogen-bond donors (Lipinski definition) is 2. The monoisotopic (exact) mass is 244 g/mol. The van der Waals surface area contributed by atoms with Crippen molar-refractivity contribution in [3.05, 3.63) is 11.6 Å². The predicted octanol–water partition coefficient (Wildman–Crippen LogP) is 1.33. The molecule has 0 atom stereocenters. The summed E-state index contributed by atoms with van der Waals surface area (Å²) in [6.45, 7) is 9.92. The van der Waals surface area contributed by atoms with E-state index in [4.69, 9.17) is 0 Å². The molecule has 0 aromatic rings. The average Bonchev–Trinajstić information content (AvgIpc) is 2.26. The van der Waals surface area contributed by atoms with Gasteiger partial charge in [0.2, 0.25) is 0 Å². The smallest absolute Gasteiger partial charge is 0.199 e. The van der Waals surface area contributed by atoms with Crippen LogP contribution in [-0.2, 0) is 0 Å². The molecule has 0 aliphatic rings. The molecule has 2 N–H and O–H groups in total. The lowest BCUT2D eigenvalue weighted by Gasteiger charge is -2.26. The van der Waals surface area contributed by atoms with E-state index in [1.165, 1.54) is 0 Å². The average molecular weight is 244 g/mol. The van der Waals surface area contributed by atoms with Crippen molar-refractivity contribution >= 4 is 17.7 Å². The fourth-order valence-corrected chi connectivity index (χ4v) is 1.13. The van der Waals surface area contributed by atoms with Crippen molar-refractivity contribution in [2.75, 3.05) is 33.4 Å². The number of thioether (sulfide) groups is 1. The minimum Gasteiger partial charge on any atom is -0.355 e. The van der Waals surface area contributed by atoms with E-state index < -0.39 is 0 Å². The maximum atomic E-state index is 4.46. The quantitative estimate of drug-likeness (QED) is 0.420. The number of hydrogen-bond acceptors (Lipinski definition) is 3. The molecule has 0 amide bonds. The first-order chi connectivity index (χ1) is 7.52. The third-order valence-corrected chi connectivity index (χ3v) is 2.80. The molecule has 0 spiro atoms. The molecule has 0 rings (SSSR count). The topological polar surface area (TPSA) is 39.7 Å². The molecule has 0 fully saturated rings. The Hall–Kier alpha value is -0.680. The number of aliphatic imine (C=N–C) groups is 1. The van der Waals surface area contributed by atoms with E-state index in [-0.39, 0.29) is 0 Å². The summed E-state index contributed by atoms with van der Waals surface area (Å²) in [5.74, 6) is 0.879. The zero-order valence-corrected chi connectivity index (χ0v) is 11.8. The Morgan fingerprint density at radius 2 is 2.06 bits per heavy atom. The summed E-state index contributed by atoms with van der Waals surface area (Å²) in [6, 6.07) is 0.412. The Kier molecular flexibility index (Phi) is 8.11. The molecule has 0 heterocycles. The Balaban J connectivity index is 4.50. The van der Waals surface area contributed by atoms with Gasteiger partial charge < -0.3 is 15.5 Å². The second-order valence-corrected chi connectivity index (χ2v) is 4.65. The van der Waals surface area contributed by atoms with E-state index in [0.29, 0.717) is 6.04 Å². The van der Waals surface area contributed by atoms with Crippen molar-refractivity contribution in [1.82, 2.24) is 15.5 Å². The van der Waals surface area contributed by atoms with Crippen LogP contribution in [0.1, 0.15) is 13.8 Å². The number of guanidine groups is 1. The van der Waals surface area contributed by atoms with Crippen molar-refractivity contribution < 1.29 is 0 Å². The van der Waals surface area contributed by atoms with E-state index in [1.54, 1.807) is 11.8 Å². The van der Waals surface area contributed by atoms with E-state index in [1.807, 2.05) is 20.4 Å². The Bertz CT molecular complexity index is 238. The number of nitrogens with one attached hydrogen (secondary N) is 2. The largest absolute Gasteiger partial charge is 0.355 e. The summed E-state index contributed by atoms with van der Waals surface area (Å²) in [7, 11) is 3.97. The standard InChI is InChI=1S/C11H24N4S/c1-9(2)15(5)11(13-8-7-12-4)14-10(3)16-6/h9,12H,3,7-8H2,1-2,4-6H3,(H,13,14). The second kappa shape index (κ2) is 8.47. The van der Waals surface area contributed by atoms with Gasteiger partial charge in [0.05, 0.1) is 5.03 Å². The minimum atomic E-state index is 0.412. The number of rotatable bonds is 6. The molecule has 0 aliphatic carbocycles. The molecule has 0 aromatic heterocycles. The molecule has 0 bridgehead atoms. The van der Waals surface area contributed by atoms with Gasteiger partial charge in [0, 0.05) is 26.2 Å². The summed E-state index contributed by atoms with van der Waals surface area (Å²) in [5, 5.41) is 7.22. The van der Waals surface area contributed by atoms with Gasteiger partial charge in [0.1, 0.15) is 0 Å². The van der Waals surface area contributed by atoms with Gasteiger partial charge in [-0.1, -0.05) is 6.58 Å². The zero-order chi connectivity index (χ0) is 12.6. The number of likely N-dealkylation sites (N-methyl/N-ethyl adjacent to an activating group) is 1. The summed E-state index contributed by atoms with van der Waals surface area (Å²) < 4.78 is 0. The van der Waals surface area contributed by atoms with Gasteiger partial charge in [-0.2, -0.15) is 0 Å². The molecule has 0 aromatic carbocycles. The van der Waals surface area contributed by atoms with Crippen molar-refractivity contribution in [2.45, 2.75) is 19.9 Å². The molecule has 94 valence electrons. The molecule has 0 saturated heterocycles. The van der Waals surface area contributed by atoms with Crippen LogP contribution in [0.5, 0.6) is 0 Å². The highest BCUT2D eigenvalue weighted by molar-refractivity contribution is 8.02. The molecular formula is C11H24N4S. The van der Waals surface area contributed by atoms with Gasteiger partial charge in [0.15, 0.2) is 5.96 Å². The Morgan fingerprint density at radius 3 is 2.50 bits per heavy atom. The van der Waals surface area contributed by atoms with Crippen LogP contribution >= 0.6 is 11.8 Å². The van der Waals surface area contributed by atoms with Crippen LogP contribution in [0.4, 0.5) is 0 Å². The zero-order valence-electron chi connectivity index (χ0n) is 11.0. The lowest BCUT2D eigenvalue weighted by Crippen LogP contribution is -2.44. The molecule has 16 heavy (non-hydrogen) atoms. The van der Waals surface area contributed by atoms with Crippen molar-refractivity contribution in [3.8, 4) is 0 Å². The molecular weight excluding hydrogens is 220 g/mol. The van der Waals surface area contributed by atoms with Crippen LogP contribution < -0.4 is 10.6 Å². The second-order valence-electron chi connectivity index (χ2n) is 3.77. The van der Waals surface area contributed by atoms with Gasteiger partial charge >= 0.3 is 0 Å². The third-order valence-electron chi connectivity index (χ3n) is 2.23. The maximum Gasteiger partial charge on any atom is 0.199 e. The molecule has 0 saturated carbocycles. The third kappa shape index (κ3) is 6.02. The van der Waals surface area contributed by atoms with Crippen LogP contribution in [0.3, 0.4) is 0 Å². The number of nitrogens with zero attached hydrogens (tertiary/aromatic N) is 2. The lowest BCUT2D eigenvalue weighted by atomic mass is 10.3. The first-order valence-electron chi connectivity index (χ1n) is 5.45. The van der Waals surface area contributed by atoms with Gasteiger partial charge in [-0.05, 0) is 27.2 Å². The normalized spacial score (nSPS) is 11.8. The predicted molar refractivity (Wildman–Crippen MR) is 74.9 cm³/mol. The first-order valence-corrected chi connectivity index (χ1v) is 6.68. The fraction of sp³-hybridized carbons (Fsp3) is 0.727. The molecule has 4 nitrogen and oxygen atoms in total. The highest BCUT2D eigenvalue weighted by Crippen LogP contribution is 2.10. The first kappa shape index (κ1) is 15.3. The lowest BCUT2D eigenvalue weighted by molar-refractivity contribution is 0.402. The van der Waals surface area contributed by atoms with Crippen LogP contribution in [0.2, 0.25) is 0 Å². The molecule has 5 heteroatoms. The summed E-state index contributed by atoms with van der Waals surface area (Å²) in [4.78, 5) is 6.57. The Morgan fingerprint density at radius 1 is 1.44 bits per heavy atom. The summed E-state index contributed by atoms with van der Waals surface area (Å²) in [5.41, 5.74) is 0. The summed E-state index contributed by atoms with van der Waals surface area (Å²) in [6.07, 6.45) is 1.98. The molecule has 0 radical (unpaired) electrons. The van der Waals surface area contributed by atoms with E-state index in [2.05, 4.69) is 41.0 Å². The van der Waals surface area contributed by atoms with Gasteiger partial charge in [-0.25, -0.2) is 4.99 Å². The van der Waals surface area contributed by atoms with E-state index >= 15 is 0 Å². The van der Waals surface area contributed by atoms with Crippen LogP contribution in [0.15, 0.2) is 16.6 Å². The fourth-order valence-electron chi connectivity index (χ4n) is 0.951. The van der Waals surface area contributed by atoms with Crippen molar-refractivity contribution in [2.24, 2.45) is 4.99 Å². The highest BCUT2D eigenvalue weighted by atomic mass is 32.2. The van der Waals surface area contributed by atoms with Crippen LogP contribution in [0.25, 0.3) is 0 Å². The van der Waals surface area contributed by atoms with Gasteiger partial charge in [-0.15, -0.1) is 11.8 Å².